The number of benzene rings is 1. The van der Waals surface area contributed by atoms with Crippen molar-refractivity contribution in [2.45, 2.75) is 6.61 Å². The molecule has 2 heterocycles. The van der Waals surface area contributed by atoms with E-state index in [-0.39, 0.29) is 12.4 Å². The second kappa shape index (κ2) is 4.85. The highest BCUT2D eigenvalue weighted by Gasteiger charge is 2.14. The van der Waals surface area contributed by atoms with Crippen molar-refractivity contribution in [3.63, 3.8) is 0 Å². The topological polar surface area (TPSA) is 69.4 Å². The van der Waals surface area contributed by atoms with Crippen LogP contribution >= 0.6 is 0 Å². The molecule has 0 aliphatic rings. The van der Waals surface area contributed by atoms with E-state index >= 15 is 0 Å². The summed E-state index contributed by atoms with van der Waals surface area (Å²) in [5, 5.41) is 4.02. The van der Waals surface area contributed by atoms with E-state index in [4.69, 9.17) is 4.74 Å². The molecule has 0 saturated carbocycles. The third kappa shape index (κ3) is 2.42. The van der Waals surface area contributed by atoms with E-state index in [1.54, 1.807) is 12.4 Å². The Morgan fingerprint density at radius 3 is 2.89 bits per heavy atom. The van der Waals surface area contributed by atoms with Gasteiger partial charge in [0.2, 0.25) is 0 Å². The second-order valence-corrected chi connectivity index (χ2v) is 3.88. The molecule has 0 aliphatic heterocycles. The van der Waals surface area contributed by atoms with Crippen LogP contribution in [-0.4, -0.2) is 25.6 Å². The normalized spacial score (nSPS) is 10.5. The van der Waals surface area contributed by atoms with Crippen molar-refractivity contribution < 1.29 is 9.53 Å². The first kappa shape index (κ1) is 11.3. The highest BCUT2D eigenvalue weighted by molar-refractivity contribution is 5.85. The van der Waals surface area contributed by atoms with Gasteiger partial charge in [0.05, 0.1) is 6.20 Å². The molecule has 0 saturated heterocycles. The lowest BCUT2D eigenvalue weighted by Crippen LogP contribution is -2.07. The number of nitrogens with zero attached hydrogens (tertiary/aromatic N) is 4. The summed E-state index contributed by atoms with van der Waals surface area (Å²) in [5.41, 5.74) is 1.43. The lowest BCUT2D eigenvalue weighted by molar-refractivity contribution is 0.0458. The van der Waals surface area contributed by atoms with Gasteiger partial charge in [0, 0.05) is 12.4 Å². The van der Waals surface area contributed by atoms with Gasteiger partial charge in [-0.2, -0.15) is 4.98 Å². The number of esters is 1. The highest BCUT2D eigenvalue weighted by atomic mass is 16.5. The van der Waals surface area contributed by atoms with Crippen LogP contribution in [0.3, 0.4) is 0 Å². The van der Waals surface area contributed by atoms with E-state index in [9.17, 15) is 4.79 Å². The summed E-state index contributed by atoms with van der Waals surface area (Å²) >= 11 is 0. The molecular weight excluding hydrogens is 244 g/mol. The van der Waals surface area contributed by atoms with Gasteiger partial charge in [-0.15, -0.1) is 5.10 Å². The highest BCUT2D eigenvalue weighted by Crippen LogP contribution is 2.04. The molecule has 0 amide bonds. The Balaban J connectivity index is 1.73. The summed E-state index contributed by atoms with van der Waals surface area (Å²) in [5.74, 6) is -0.517. The molecule has 3 rings (SSSR count). The molecule has 3 aromatic rings. The average molecular weight is 254 g/mol. The minimum Gasteiger partial charge on any atom is -0.455 e. The van der Waals surface area contributed by atoms with Crippen LogP contribution in [0.5, 0.6) is 0 Å². The van der Waals surface area contributed by atoms with Gasteiger partial charge in [-0.3, -0.25) is 4.98 Å². The van der Waals surface area contributed by atoms with Crippen LogP contribution in [0.15, 0.2) is 48.9 Å². The Hall–Kier alpha value is -2.76. The third-order valence-electron chi connectivity index (χ3n) is 2.54. The predicted molar refractivity (Wildman–Crippen MR) is 66.3 cm³/mol. The summed E-state index contributed by atoms with van der Waals surface area (Å²) < 4.78 is 6.62. The fourth-order valence-electron chi connectivity index (χ4n) is 1.62. The Morgan fingerprint density at radius 2 is 2.11 bits per heavy atom. The van der Waals surface area contributed by atoms with E-state index in [1.807, 2.05) is 30.3 Å². The molecule has 0 fully saturated rings. The predicted octanol–water partition coefficient (Wildman–Crippen LogP) is 1.48. The molecule has 19 heavy (non-hydrogen) atoms. The van der Waals surface area contributed by atoms with Crippen LogP contribution in [0.2, 0.25) is 0 Å². The minimum atomic E-state index is -0.549. The van der Waals surface area contributed by atoms with Gasteiger partial charge in [-0.05, 0) is 5.56 Å². The first-order valence-electron chi connectivity index (χ1n) is 5.70. The van der Waals surface area contributed by atoms with Crippen molar-refractivity contribution in [3.05, 3.63) is 60.3 Å². The van der Waals surface area contributed by atoms with Crippen molar-refractivity contribution in [2.75, 3.05) is 0 Å². The van der Waals surface area contributed by atoms with E-state index < -0.39 is 5.97 Å². The second-order valence-electron chi connectivity index (χ2n) is 3.88. The van der Waals surface area contributed by atoms with Gasteiger partial charge in [-0.25, -0.2) is 9.31 Å². The molecular formula is C13H10N4O2. The zero-order valence-corrected chi connectivity index (χ0v) is 9.93. The standard InChI is InChI=1S/C13H10N4O2/c18-13(19-9-10-4-2-1-3-5-10)12-15-11-8-14-6-7-17(11)16-12/h1-8H,9H2. The van der Waals surface area contributed by atoms with Gasteiger partial charge in [0.25, 0.3) is 5.82 Å². The van der Waals surface area contributed by atoms with Crippen molar-refractivity contribution in [1.82, 2.24) is 19.6 Å². The Kier molecular flexibility index (Phi) is 2.89. The zero-order valence-electron chi connectivity index (χ0n) is 9.93. The third-order valence-corrected chi connectivity index (χ3v) is 2.54. The van der Waals surface area contributed by atoms with Crippen LogP contribution in [0.1, 0.15) is 16.2 Å². The van der Waals surface area contributed by atoms with Gasteiger partial charge in [0.15, 0.2) is 5.65 Å². The number of hydrogen-bond donors (Lipinski definition) is 0. The van der Waals surface area contributed by atoms with Crippen molar-refractivity contribution >= 4 is 11.6 Å². The zero-order chi connectivity index (χ0) is 13.1. The van der Waals surface area contributed by atoms with E-state index in [0.29, 0.717) is 5.65 Å². The number of carbonyl (C=O) groups is 1. The molecule has 0 radical (unpaired) electrons. The maximum absolute atomic E-state index is 11.8. The lowest BCUT2D eigenvalue weighted by Gasteiger charge is -2.01. The largest absolute Gasteiger partial charge is 0.455 e. The van der Waals surface area contributed by atoms with Crippen molar-refractivity contribution in [1.29, 1.82) is 0 Å². The molecule has 94 valence electrons. The van der Waals surface area contributed by atoms with Crippen LogP contribution in [-0.2, 0) is 11.3 Å². The van der Waals surface area contributed by atoms with E-state index in [1.165, 1.54) is 10.7 Å². The number of carbonyl (C=O) groups excluding carboxylic acids is 1. The molecule has 2 aromatic heterocycles. The molecule has 0 atom stereocenters. The van der Waals surface area contributed by atoms with Crippen LogP contribution in [0.25, 0.3) is 5.65 Å². The molecule has 0 bridgehead atoms. The van der Waals surface area contributed by atoms with Gasteiger partial charge in [-0.1, -0.05) is 30.3 Å². The molecule has 0 aliphatic carbocycles. The average Bonchev–Trinajstić information content (AvgIpc) is 2.90. The van der Waals surface area contributed by atoms with Crippen LogP contribution in [0.4, 0.5) is 0 Å². The number of fused-ring (bicyclic) bond motifs is 1. The minimum absolute atomic E-state index is 0.0314. The number of rotatable bonds is 3. The SMILES string of the molecule is O=C(OCc1ccccc1)c1nc2cnccn2n1. The maximum atomic E-state index is 11.8. The Labute approximate surface area is 108 Å². The summed E-state index contributed by atoms with van der Waals surface area (Å²) in [6.45, 7) is 0.202. The van der Waals surface area contributed by atoms with E-state index in [0.717, 1.165) is 5.56 Å². The maximum Gasteiger partial charge on any atom is 0.378 e. The quantitative estimate of drug-likeness (QED) is 0.662. The first-order valence-corrected chi connectivity index (χ1v) is 5.70. The summed E-state index contributed by atoms with van der Waals surface area (Å²) in [6.07, 6.45) is 4.72. The molecule has 0 N–H and O–H groups in total. The number of hydrogen-bond acceptors (Lipinski definition) is 5. The first-order chi connectivity index (χ1) is 9.33. The fraction of sp³-hybridized carbons (Fsp3) is 0.0769. The molecule has 6 nitrogen and oxygen atoms in total. The van der Waals surface area contributed by atoms with Gasteiger partial charge < -0.3 is 4.74 Å². The van der Waals surface area contributed by atoms with Crippen molar-refractivity contribution in [3.8, 4) is 0 Å². The van der Waals surface area contributed by atoms with Crippen molar-refractivity contribution in [2.24, 2.45) is 0 Å². The lowest BCUT2D eigenvalue weighted by atomic mass is 10.2. The summed E-state index contributed by atoms with van der Waals surface area (Å²) in [6, 6.07) is 9.45. The van der Waals surface area contributed by atoms with Crippen LogP contribution < -0.4 is 0 Å². The van der Waals surface area contributed by atoms with Gasteiger partial charge in [0.1, 0.15) is 6.61 Å². The smallest absolute Gasteiger partial charge is 0.378 e. The fourth-order valence-corrected chi connectivity index (χ4v) is 1.62. The summed E-state index contributed by atoms with van der Waals surface area (Å²) in [4.78, 5) is 19.8. The molecule has 0 spiro atoms. The van der Waals surface area contributed by atoms with Crippen LogP contribution in [0, 0.1) is 0 Å². The monoisotopic (exact) mass is 254 g/mol. The van der Waals surface area contributed by atoms with E-state index in [2.05, 4.69) is 15.1 Å². The summed E-state index contributed by atoms with van der Waals surface area (Å²) in [7, 11) is 0. The van der Waals surface area contributed by atoms with Gasteiger partial charge >= 0.3 is 5.97 Å². The molecule has 0 unspecified atom stereocenters. The molecule has 1 aromatic carbocycles. The Morgan fingerprint density at radius 1 is 1.26 bits per heavy atom. The Bertz CT molecular complexity index is 676. The number of ether oxygens (including phenoxy) is 1. The number of aromatic nitrogens is 4. The molecule has 6 heteroatoms.